The molecule has 0 saturated carbocycles. The summed E-state index contributed by atoms with van der Waals surface area (Å²) in [6.07, 6.45) is 1.07. The lowest BCUT2D eigenvalue weighted by Crippen LogP contribution is -2.12. The zero-order chi connectivity index (χ0) is 15.4. The highest BCUT2D eigenvalue weighted by Gasteiger charge is 2.08. The van der Waals surface area contributed by atoms with Gasteiger partial charge in [0.15, 0.2) is 5.82 Å². The largest absolute Gasteiger partial charge is 0.309 e. The molecule has 1 amide bonds. The van der Waals surface area contributed by atoms with E-state index in [0.717, 1.165) is 21.8 Å². The van der Waals surface area contributed by atoms with Gasteiger partial charge in [-0.1, -0.05) is 37.6 Å². The van der Waals surface area contributed by atoms with E-state index < -0.39 is 0 Å². The Balaban J connectivity index is 1.88. The molecule has 0 saturated heterocycles. The summed E-state index contributed by atoms with van der Waals surface area (Å²) in [6, 6.07) is 7.75. The van der Waals surface area contributed by atoms with Crippen LogP contribution in [-0.2, 0) is 11.2 Å². The lowest BCUT2D eigenvalue weighted by molar-refractivity contribution is -0.116. The van der Waals surface area contributed by atoms with Crippen LogP contribution in [0.25, 0.3) is 0 Å². The number of nitrogens with one attached hydrogen (secondary N) is 2. The maximum atomic E-state index is 11.9. The number of carbonyl (C=O) groups excluding carboxylic acids is 1. The van der Waals surface area contributed by atoms with Crippen molar-refractivity contribution in [2.24, 2.45) is 0 Å². The predicted octanol–water partition coefficient (Wildman–Crippen LogP) is 4.07. The van der Waals surface area contributed by atoms with Crippen LogP contribution in [0.1, 0.15) is 43.0 Å². The number of anilines is 1. The average Bonchev–Trinajstić information content (AvgIpc) is 2.89. The zero-order valence-corrected chi connectivity index (χ0v) is 13.3. The molecule has 1 aromatic carbocycles. The van der Waals surface area contributed by atoms with E-state index in [1.165, 1.54) is 0 Å². The Morgan fingerprint density at radius 3 is 2.76 bits per heavy atom. The van der Waals surface area contributed by atoms with E-state index in [1.54, 1.807) is 0 Å². The van der Waals surface area contributed by atoms with Gasteiger partial charge in [-0.25, -0.2) is 0 Å². The molecule has 4 nitrogen and oxygen atoms in total. The van der Waals surface area contributed by atoms with Gasteiger partial charge in [0.1, 0.15) is 0 Å². The van der Waals surface area contributed by atoms with E-state index in [9.17, 15) is 4.79 Å². The number of amides is 1. The van der Waals surface area contributed by atoms with Gasteiger partial charge in [0, 0.05) is 23.2 Å². The first-order valence-corrected chi connectivity index (χ1v) is 7.43. The van der Waals surface area contributed by atoms with E-state index in [1.807, 2.05) is 31.2 Å². The first-order valence-electron chi connectivity index (χ1n) is 7.06. The van der Waals surface area contributed by atoms with Crippen LogP contribution >= 0.6 is 11.6 Å². The van der Waals surface area contributed by atoms with E-state index in [0.29, 0.717) is 24.6 Å². The van der Waals surface area contributed by atoms with Crippen molar-refractivity contribution < 1.29 is 4.79 Å². The van der Waals surface area contributed by atoms with Crippen molar-refractivity contribution >= 4 is 23.3 Å². The first-order chi connectivity index (χ1) is 9.95. The predicted molar refractivity (Wildman–Crippen MR) is 85.8 cm³/mol. The van der Waals surface area contributed by atoms with Crippen LogP contribution in [0.5, 0.6) is 0 Å². The van der Waals surface area contributed by atoms with Crippen molar-refractivity contribution in [2.75, 3.05) is 5.32 Å². The number of carbonyl (C=O) groups is 1. The lowest BCUT2D eigenvalue weighted by atomic mass is 10.1. The third kappa shape index (κ3) is 4.33. The van der Waals surface area contributed by atoms with Gasteiger partial charge in [0.2, 0.25) is 5.91 Å². The Kier molecular flexibility index (Phi) is 5.02. The van der Waals surface area contributed by atoms with Crippen molar-refractivity contribution in [2.45, 2.75) is 39.5 Å². The quantitative estimate of drug-likeness (QED) is 0.875. The third-order valence-electron chi connectivity index (χ3n) is 3.36. The smallest absolute Gasteiger partial charge is 0.225 e. The summed E-state index contributed by atoms with van der Waals surface area (Å²) in [4.78, 5) is 11.9. The number of halogens is 1. The average molecular weight is 306 g/mol. The van der Waals surface area contributed by atoms with E-state index in [4.69, 9.17) is 11.6 Å². The molecule has 0 radical (unpaired) electrons. The van der Waals surface area contributed by atoms with Crippen LogP contribution in [0.3, 0.4) is 0 Å². The van der Waals surface area contributed by atoms with Crippen LogP contribution in [0.4, 0.5) is 5.82 Å². The zero-order valence-electron chi connectivity index (χ0n) is 12.5. The minimum absolute atomic E-state index is 0.0477. The number of rotatable bonds is 5. The molecule has 1 heterocycles. The number of hydrogen-bond acceptors (Lipinski definition) is 2. The number of benzene rings is 1. The second-order valence-electron chi connectivity index (χ2n) is 5.49. The van der Waals surface area contributed by atoms with E-state index in [2.05, 4.69) is 29.4 Å². The molecule has 0 spiro atoms. The molecule has 0 unspecified atom stereocenters. The summed E-state index contributed by atoms with van der Waals surface area (Å²) in [5.74, 6) is 0.886. The maximum absolute atomic E-state index is 11.9. The van der Waals surface area contributed by atoms with Crippen LogP contribution in [-0.4, -0.2) is 16.1 Å². The molecule has 2 N–H and O–H groups in total. The molecule has 0 bridgehead atoms. The first kappa shape index (κ1) is 15.6. The molecule has 0 fully saturated rings. The summed E-state index contributed by atoms with van der Waals surface area (Å²) in [7, 11) is 0. The number of nitrogens with zero attached hydrogens (tertiary/aromatic N) is 1. The highest BCUT2D eigenvalue weighted by molar-refractivity contribution is 6.31. The lowest BCUT2D eigenvalue weighted by Gasteiger charge is -2.04. The second kappa shape index (κ2) is 6.76. The molecular weight excluding hydrogens is 286 g/mol. The van der Waals surface area contributed by atoms with Gasteiger partial charge in [-0.15, -0.1) is 0 Å². The summed E-state index contributed by atoms with van der Waals surface area (Å²) >= 11 is 6.08. The summed E-state index contributed by atoms with van der Waals surface area (Å²) < 4.78 is 0. The fourth-order valence-electron chi connectivity index (χ4n) is 1.95. The van der Waals surface area contributed by atoms with E-state index in [-0.39, 0.29) is 5.91 Å². The molecule has 0 atom stereocenters. The van der Waals surface area contributed by atoms with Crippen LogP contribution in [0.2, 0.25) is 5.02 Å². The van der Waals surface area contributed by atoms with Crippen molar-refractivity contribution in [3.05, 3.63) is 46.1 Å². The fraction of sp³-hybridized carbons (Fsp3) is 0.375. The molecule has 0 aliphatic carbocycles. The summed E-state index contributed by atoms with van der Waals surface area (Å²) in [6.45, 7) is 6.10. The second-order valence-corrected chi connectivity index (χ2v) is 5.90. The normalized spacial score (nSPS) is 10.9. The third-order valence-corrected chi connectivity index (χ3v) is 3.77. The number of aryl methyl sites for hydroxylation is 2. The molecule has 5 heteroatoms. The minimum Gasteiger partial charge on any atom is -0.309 e. The fourth-order valence-corrected chi connectivity index (χ4v) is 2.15. The Labute approximate surface area is 129 Å². The van der Waals surface area contributed by atoms with Crippen LogP contribution in [0, 0.1) is 6.92 Å². The van der Waals surface area contributed by atoms with Crippen molar-refractivity contribution in [3.63, 3.8) is 0 Å². The van der Waals surface area contributed by atoms with Crippen molar-refractivity contribution in [3.8, 4) is 0 Å². The number of H-pyrrole nitrogens is 1. The monoisotopic (exact) mass is 305 g/mol. The highest BCUT2D eigenvalue weighted by Crippen LogP contribution is 2.18. The molecule has 1 aromatic heterocycles. The van der Waals surface area contributed by atoms with Gasteiger partial charge >= 0.3 is 0 Å². The van der Waals surface area contributed by atoms with E-state index >= 15 is 0 Å². The minimum atomic E-state index is -0.0477. The number of aromatic amines is 1. The maximum Gasteiger partial charge on any atom is 0.225 e. The summed E-state index contributed by atoms with van der Waals surface area (Å²) in [5.41, 5.74) is 3.11. The Morgan fingerprint density at radius 2 is 2.14 bits per heavy atom. The Bertz CT molecular complexity index is 634. The molecule has 0 aliphatic heterocycles. The molecule has 2 aromatic rings. The summed E-state index contributed by atoms with van der Waals surface area (Å²) in [5, 5.41) is 10.5. The molecule has 0 aliphatic rings. The highest BCUT2D eigenvalue weighted by atomic mass is 35.5. The Morgan fingerprint density at radius 1 is 1.38 bits per heavy atom. The molecule has 2 rings (SSSR count). The molecule has 112 valence electrons. The van der Waals surface area contributed by atoms with Gasteiger partial charge in [0.05, 0.1) is 0 Å². The van der Waals surface area contributed by atoms with Crippen LogP contribution < -0.4 is 5.32 Å². The van der Waals surface area contributed by atoms with Gasteiger partial charge < -0.3 is 5.32 Å². The topological polar surface area (TPSA) is 57.8 Å². The van der Waals surface area contributed by atoms with Crippen molar-refractivity contribution in [1.82, 2.24) is 10.2 Å². The molecular formula is C16H20ClN3O. The Hall–Kier alpha value is -1.81. The SMILES string of the molecule is Cc1ccc(CCC(=O)Nc2cc(C(C)C)[nH]n2)cc1Cl. The number of hydrogen-bond donors (Lipinski definition) is 2. The van der Waals surface area contributed by atoms with Gasteiger partial charge in [-0.05, 0) is 36.5 Å². The molecule has 21 heavy (non-hydrogen) atoms. The van der Waals surface area contributed by atoms with Gasteiger partial charge in [-0.2, -0.15) is 5.10 Å². The van der Waals surface area contributed by atoms with Gasteiger partial charge in [-0.3, -0.25) is 9.89 Å². The van der Waals surface area contributed by atoms with Crippen molar-refractivity contribution in [1.29, 1.82) is 0 Å². The van der Waals surface area contributed by atoms with Gasteiger partial charge in [0.25, 0.3) is 0 Å². The van der Waals surface area contributed by atoms with Crippen LogP contribution in [0.15, 0.2) is 24.3 Å². The standard InChI is InChI=1S/C16H20ClN3O/c1-10(2)14-9-15(20-19-14)18-16(21)7-6-12-5-4-11(3)13(17)8-12/h4-5,8-10H,6-7H2,1-3H3,(H2,18,19,20,21). The number of aromatic nitrogens is 2.